The number of hydrogen-bond donors (Lipinski definition) is 1. The molecular formula is C21H24BrFN2O3. The Morgan fingerprint density at radius 1 is 1.25 bits per heavy atom. The third kappa shape index (κ3) is 5.55. The fraction of sp³-hybridized carbons (Fsp3) is 0.333. The number of carbonyl (C=O) groups is 2. The third-order valence-corrected chi connectivity index (χ3v) is 5.09. The Hall–Kier alpha value is -2.41. The summed E-state index contributed by atoms with van der Waals surface area (Å²) in [5.74, 6) is -0.642. The van der Waals surface area contributed by atoms with Crippen molar-refractivity contribution in [2.45, 2.75) is 32.9 Å². The Bertz CT molecular complexity index is 844. The molecule has 0 heterocycles. The summed E-state index contributed by atoms with van der Waals surface area (Å²) in [6.45, 7) is 3.36. The van der Waals surface area contributed by atoms with E-state index in [1.54, 1.807) is 31.2 Å². The summed E-state index contributed by atoms with van der Waals surface area (Å²) in [6, 6.07) is 11.1. The molecule has 2 amide bonds. The van der Waals surface area contributed by atoms with Crippen molar-refractivity contribution in [1.29, 1.82) is 0 Å². The number of benzene rings is 2. The molecular weight excluding hydrogens is 427 g/mol. The summed E-state index contributed by atoms with van der Waals surface area (Å²) in [4.78, 5) is 26.2. The molecule has 0 aromatic heterocycles. The Balaban J connectivity index is 2.16. The van der Waals surface area contributed by atoms with E-state index in [1.807, 2.05) is 19.1 Å². The van der Waals surface area contributed by atoms with Gasteiger partial charge in [0.1, 0.15) is 17.6 Å². The zero-order chi connectivity index (χ0) is 20.7. The number of carbonyl (C=O) groups excluding carboxylic acids is 2. The van der Waals surface area contributed by atoms with E-state index < -0.39 is 17.8 Å². The highest BCUT2D eigenvalue weighted by Crippen LogP contribution is 2.26. The second-order valence-electron chi connectivity index (χ2n) is 6.31. The Labute approximate surface area is 173 Å². The standard InChI is InChI=1S/C21H24BrFN2O3/c1-4-15-9-10-19(17(22)11-15)28-13-20(26)25(14(2)21(27)24-3)12-16-7-5-6-8-18(16)23/h5-11,14H,4,12-13H2,1-3H3,(H,24,27)/t14-/m1/s1. The predicted molar refractivity (Wildman–Crippen MR) is 109 cm³/mol. The van der Waals surface area contributed by atoms with Crippen molar-refractivity contribution in [3.63, 3.8) is 0 Å². The molecule has 0 aliphatic carbocycles. The van der Waals surface area contributed by atoms with Gasteiger partial charge in [0.25, 0.3) is 5.91 Å². The topological polar surface area (TPSA) is 58.6 Å². The zero-order valence-electron chi connectivity index (χ0n) is 16.2. The number of halogens is 2. The molecule has 5 nitrogen and oxygen atoms in total. The summed E-state index contributed by atoms with van der Waals surface area (Å²) in [7, 11) is 1.49. The highest BCUT2D eigenvalue weighted by Gasteiger charge is 2.26. The first kappa shape index (κ1) is 21.9. The van der Waals surface area contributed by atoms with Gasteiger partial charge in [-0.25, -0.2) is 4.39 Å². The second kappa shape index (κ2) is 10.2. The van der Waals surface area contributed by atoms with Crippen LogP contribution in [0.2, 0.25) is 0 Å². The van der Waals surface area contributed by atoms with Gasteiger partial charge in [0.15, 0.2) is 6.61 Å². The molecule has 0 saturated heterocycles. The van der Waals surface area contributed by atoms with E-state index >= 15 is 0 Å². The minimum Gasteiger partial charge on any atom is -0.483 e. The van der Waals surface area contributed by atoms with Gasteiger partial charge in [-0.05, 0) is 53.0 Å². The van der Waals surface area contributed by atoms with Crippen molar-refractivity contribution in [2.24, 2.45) is 0 Å². The first-order valence-electron chi connectivity index (χ1n) is 9.03. The van der Waals surface area contributed by atoms with E-state index in [9.17, 15) is 14.0 Å². The normalized spacial score (nSPS) is 11.6. The second-order valence-corrected chi connectivity index (χ2v) is 7.16. The van der Waals surface area contributed by atoms with Crippen LogP contribution in [0.4, 0.5) is 4.39 Å². The molecule has 0 unspecified atom stereocenters. The van der Waals surface area contributed by atoms with E-state index in [1.165, 1.54) is 18.0 Å². The zero-order valence-corrected chi connectivity index (χ0v) is 17.8. The Morgan fingerprint density at radius 2 is 1.96 bits per heavy atom. The molecule has 2 aromatic rings. The number of rotatable bonds is 8. The number of likely N-dealkylation sites (N-methyl/N-ethyl adjacent to an activating group) is 1. The molecule has 28 heavy (non-hydrogen) atoms. The molecule has 1 N–H and O–H groups in total. The molecule has 0 bridgehead atoms. The highest BCUT2D eigenvalue weighted by molar-refractivity contribution is 9.10. The van der Waals surface area contributed by atoms with Gasteiger partial charge in [0, 0.05) is 19.2 Å². The van der Waals surface area contributed by atoms with Crippen molar-refractivity contribution in [2.75, 3.05) is 13.7 Å². The smallest absolute Gasteiger partial charge is 0.261 e. The van der Waals surface area contributed by atoms with Crippen LogP contribution in [0, 0.1) is 5.82 Å². The molecule has 0 aliphatic heterocycles. The van der Waals surface area contributed by atoms with Gasteiger partial charge in [-0.3, -0.25) is 9.59 Å². The fourth-order valence-corrected chi connectivity index (χ4v) is 3.25. The average molecular weight is 451 g/mol. The summed E-state index contributed by atoms with van der Waals surface area (Å²) >= 11 is 3.44. The van der Waals surface area contributed by atoms with E-state index in [-0.39, 0.29) is 19.1 Å². The largest absolute Gasteiger partial charge is 0.483 e. The molecule has 0 fully saturated rings. The van der Waals surface area contributed by atoms with Crippen molar-refractivity contribution >= 4 is 27.7 Å². The molecule has 2 aromatic carbocycles. The summed E-state index contributed by atoms with van der Waals surface area (Å²) < 4.78 is 20.5. The van der Waals surface area contributed by atoms with Crippen molar-refractivity contribution in [3.05, 3.63) is 63.9 Å². The van der Waals surface area contributed by atoms with Crippen molar-refractivity contribution in [3.8, 4) is 5.75 Å². The van der Waals surface area contributed by atoms with Crippen molar-refractivity contribution in [1.82, 2.24) is 10.2 Å². The van der Waals surface area contributed by atoms with Crippen LogP contribution in [0.25, 0.3) is 0 Å². The van der Waals surface area contributed by atoms with Crippen LogP contribution in [-0.2, 0) is 22.6 Å². The first-order chi connectivity index (χ1) is 13.4. The fourth-order valence-electron chi connectivity index (χ4n) is 2.71. The quantitative estimate of drug-likeness (QED) is 0.666. The molecule has 0 aliphatic rings. The molecule has 7 heteroatoms. The monoisotopic (exact) mass is 450 g/mol. The SMILES string of the molecule is CCc1ccc(OCC(=O)N(Cc2ccccc2F)[C@H](C)C(=O)NC)c(Br)c1. The van der Waals surface area contributed by atoms with Gasteiger partial charge in [0.05, 0.1) is 4.47 Å². The Morgan fingerprint density at radius 3 is 2.57 bits per heavy atom. The minimum atomic E-state index is -0.772. The summed E-state index contributed by atoms with van der Waals surface area (Å²) in [6.07, 6.45) is 0.887. The maximum Gasteiger partial charge on any atom is 0.261 e. The molecule has 0 spiro atoms. The maximum absolute atomic E-state index is 14.1. The van der Waals surface area contributed by atoms with Crippen LogP contribution in [0.15, 0.2) is 46.9 Å². The van der Waals surface area contributed by atoms with Crippen LogP contribution in [-0.4, -0.2) is 36.4 Å². The predicted octanol–water partition coefficient (Wildman–Crippen LogP) is 3.69. The van der Waals surface area contributed by atoms with Gasteiger partial charge >= 0.3 is 0 Å². The number of aryl methyl sites for hydroxylation is 1. The number of hydrogen-bond acceptors (Lipinski definition) is 3. The van der Waals surface area contributed by atoms with Crippen LogP contribution in [0.5, 0.6) is 5.75 Å². The molecule has 0 saturated carbocycles. The molecule has 1 atom stereocenters. The highest BCUT2D eigenvalue weighted by atomic mass is 79.9. The van der Waals surface area contributed by atoms with E-state index in [0.717, 1.165) is 16.5 Å². The minimum absolute atomic E-state index is 0.0284. The average Bonchev–Trinajstić information content (AvgIpc) is 2.70. The lowest BCUT2D eigenvalue weighted by atomic mass is 10.1. The molecule has 150 valence electrons. The van der Waals surface area contributed by atoms with Gasteiger partial charge < -0.3 is 15.0 Å². The lowest BCUT2D eigenvalue weighted by Crippen LogP contribution is -2.48. The molecule has 2 rings (SSSR count). The summed E-state index contributed by atoms with van der Waals surface area (Å²) in [5, 5.41) is 2.52. The summed E-state index contributed by atoms with van der Waals surface area (Å²) in [5.41, 5.74) is 1.47. The number of nitrogens with zero attached hydrogens (tertiary/aromatic N) is 1. The Kier molecular flexibility index (Phi) is 7.99. The number of amides is 2. The van der Waals surface area contributed by atoms with Gasteiger partial charge in [-0.2, -0.15) is 0 Å². The lowest BCUT2D eigenvalue weighted by Gasteiger charge is -2.28. The maximum atomic E-state index is 14.1. The number of nitrogens with one attached hydrogen (secondary N) is 1. The van der Waals surface area contributed by atoms with Crippen LogP contribution < -0.4 is 10.1 Å². The van der Waals surface area contributed by atoms with Crippen LogP contribution >= 0.6 is 15.9 Å². The van der Waals surface area contributed by atoms with Crippen molar-refractivity contribution < 1.29 is 18.7 Å². The van der Waals surface area contributed by atoms with E-state index in [0.29, 0.717) is 11.3 Å². The van der Waals surface area contributed by atoms with E-state index in [4.69, 9.17) is 4.74 Å². The van der Waals surface area contributed by atoms with Gasteiger partial charge in [0.2, 0.25) is 5.91 Å². The first-order valence-corrected chi connectivity index (χ1v) is 9.82. The van der Waals surface area contributed by atoms with E-state index in [2.05, 4.69) is 21.2 Å². The van der Waals surface area contributed by atoms with Crippen LogP contribution in [0.3, 0.4) is 0 Å². The third-order valence-electron chi connectivity index (χ3n) is 4.47. The van der Waals surface area contributed by atoms with Gasteiger partial charge in [-0.1, -0.05) is 31.2 Å². The van der Waals surface area contributed by atoms with Crippen LogP contribution in [0.1, 0.15) is 25.0 Å². The lowest BCUT2D eigenvalue weighted by molar-refractivity contribution is -0.142. The molecule has 0 radical (unpaired) electrons. The number of ether oxygens (including phenoxy) is 1. The van der Waals surface area contributed by atoms with Gasteiger partial charge in [-0.15, -0.1) is 0 Å².